The summed E-state index contributed by atoms with van der Waals surface area (Å²) in [6.45, 7) is 1.51. The van der Waals surface area contributed by atoms with Crippen molar-refractivity contribution in [2.24, 2.45) is 0 Å². The van der Waals surface area contributed by atoms with E-state index in [1.807, 2.05) is 0 Å². The van der Waals surface area contributed by atoms with Crippen LogP contribution in [0.3, 0.4) is 0 Å². The molecule has 2 aromatic carbocycles. The van der Waals surface area contributed by atoms with E-state index in [2.05, 4.69) is 9.71 Å². The fourth-order valence-electron chi connectivity index (χ4n) is 2.69. The summed E-state index contributed by atoms with van der Waals surface area (Å²) in [5.74, 6) is -0.493. The number of alkyl halides is 3. The van der Waals surface area contributed by atoms with Crippen LogP contribution in [0.1, 0.15) is 11.3 Å². The van der Waals surface area contributed by atoms with Crippen molar-refractivity contribution < 1.29 is 26.0 Å². The number of halogens is 4. The second-order valence-corrected chi connectivity index (χ2v) is 9.05. The minimum Gasteiger partial charge on any atom is -0.243 e. The highest BCUT2D eigenvalue weighted by atomic mass is 32.2. The van der Waals surface area contributed by atoms with Gasteiger partial charge in [0.2, 0.25) is 10.0 Å². The zero-order valence-electron chi connectivity index (χ0n) is 15.1. The molecule has 0 atom stereocenters. The molecule has 0 bridgehead atoms. The Labute approximate surface area is 169 Å². The summed E-state index contributed by atoms with van der Waals surface area (Å²) in [5.41, 5.74) is -0.406. The minimum atomic E-state index is -4.59. The van der Waals surface area contributed by atoms with Crippen molar-refractivity contribution in [1.29, 1.82) is 0 Å². The molecule has 0 aliphatic heterocycles. The molecular formula is C19H16F4N2O2S2. The van der Waals surface area contributed by atoms with Gasteiger partial charge < -0.3 is 0 Å². The Morgan fingerprint density at radius 2 is 1.83 bits per heavy atom. The number of aromatic nitrogens is 1. The SMILES string of the molecule is Cc1ccc(F)cc1S(=O)(=O)NCCSc1cc(C(F)(F)F)nc2ccccc12. The number of benzene rings is 2. The first-order valence-corrected chi connectivity index (χ1v) is 10.9. The molecule has 0 amide bonds. The van der Waals surface area contributed by atoms with Crippen molar-refractivity contribution in [2.45, 2.75) is 22.9 Å². The zero-order chi connectivity index (χ0) is 21.2. The third-order valence-corrected chi connectivity index (χ3v) is 6.72. The smallest absolute Gasteiger partial charge is 0.243 e. The van der Waals surface area contributed by atoms with Crippen molar-refractivity contribution in [3.63, 3.8) is 0 Å². The molecule has 0 aliphatic rings. The number of aryl methyl sites for hydroxylation is 1. The summed E-state index contributed by atoms with van der Waals surface area (Å²) < 4.78 is 79.8. The Bertz CT molecular complexity index is 1150. The van der Waals surface area contributed by atoms with Gasteiger partial charge in [-0.1, -0.05) is 24.3 Å². The van der Waals surface area contributed by atoms with Crippen LogP contribution >= 0.6 is 11.8 Å². The number of hydrogen-bond acceptors (Lipinski definition) is 4. The summed E-state index contributed by atoms with van der Waals surface area (Å²) in [5, 5.41) is 0.550. The van der Waals surface area contributed by atoms with E-state index >= 15 is 0 Å². The lowest BCUT2D eigenvalue weighted by Crippen LogP contribution is -2.26. The lowest BCUT2D eigenvalue weighted by molar-refractivity contribution is -0.141. The van der Waals surface area contributed by atoms with E-state index in [-0.39, 0.29) is 22.7 Å². The van der Waals surface area contributed by atoms with Gasteiger partial charge in [0.1, 0.15) is 11.5 Å². The average molecular weight is 444 g/mol. The molecule has 0 aliphatic carbocycles. The van der Waals surface area contributed by atoms with Gasteiger partial charge in [-0.3, -0.25) is 0 Å². The highest BCUT2D eigenvalue weighted by molar-refractivity contribution is 7.99. The molecule has 4 nitrogen and oxygen atoms in total. The summed E-state index contributed by atoms with van der Waals surface area (Å²) in [4.78, 5) is 3.83. The molecule has 0 fully saturated rings. The van der Waals surface area contributed by atoms with Crippen LogP contribution in [0, 0.1) is 12.7 Å². The van der Waals surface area contributed by atoms with E-state index in [0.717, 1.165) is 30.0 Å². The second-order valence-electron chi connectivity index (χ2n) is 6.18. The van der Waals surface area contributed by atoms with Crippen molar-refractivity contribution in [3.8, 4) is 0 Å². The van der Waals surface area contributed by atoms with Crippen LogP contribution in [0.2, 0.25) is 0 Å². The number of thioether (sulfide) groups is 1. The highest BCUT2D eigenvalue weighted by Gasteiger charge is 2.33. The number of hydrogen-bond donors (Lipinski definition) is 1. The minimum absolute atomic E-state index is 0.0407. The van der Waals surface area contributed by atoms with Crippen LogP contribution in [0.4, 0.5) is 17.6 Å². The normalized spacial score (nSPS) is 12.4. The van der Waals surface area contributed by atoms with Crippen LogP contribution in [-0.4, -0.2) is 25.7 Å². The number of nitrogens with zero attached hydrogens (tertiary/aromatic N) is 1. The van der Waals surface area contributed by atoms with E-state index in [0.29, 0.717) is 15.8 Å². The third kappa shape index (κ3) is 5.06. The maximum atomic E-state index is 13.4. The van der Waals surface area contributed by atoms with Gasteiger partial charge >= 0.3 is 6.18 Å². The van der Waals surface area contributed by atoms with Crippen LogP contribution < -0.4 is 4.72 Å². The van der Waals surface area contributed by atoms with Crippen LogP contribution in [0.15, 0.2) is 58.3 Å². The topological polar surface area (TPSA) is 59.1 Å². The lowest BCUT2D eigenvalue weighted by atomic mass is 10.2. The van der Waals surface area contributed by atoms with Crippen molar-refractivity contribution in [1.82, 2.24) is 9.71 Å². The molecule has 154 valence electrons. The van der Waals surface area contributed by atoms with Crippen LogP contribution in [0.25, 0.3) is 10.9 Å². The Balaban J connectivity index is 1.75. The van der Waals surface area contributed by atoms with E-state index in [9.17, 15) is 26.0 Å². The Morgan fingerprint density at radius 1 is 1.10 bits per heavy atom. The molecule has 3 aromatic rings. The molecule has 0 radical (unpaired) electrons. The Morgan fingerprint density at radius 3 is 2.55 bits per heavy atom. The third-order valence-electron chi connectivity index (χ3n) is 4.06. The van der Waals surface area contributed by atoms with Gasteiger partial charge in [-0.05, 0) is 36.8 Å². The number of para-hydroxylation sites is 1. The lowest BCUT2D eigenvalue weighted by Gasteiger charge is -2.12. The first kappa shape index (κ1) is 21.5. The number of sulfonamides is 1. The van der Waals surface area contributed by atoms with E-state index in [4.69, 9.17) is 0 Å². The van der Waals surface area contributed by atoms with Gasteiger partial charge in [0.05, 0.1) is 10.4 Å². The molecule has 1 heterocycles. The predicted molar refractivity (Wildman–Crippen MR) is 104 cm³/mol. The Hall–Kier alpha value is -2.17. The standard InChI is InChI=1S/C19H16F4N2O2S2/c1-12-6-7-13(20)10-17(12)29(26,27)24-8-9-28-16-11-18(19(21,22)23)25-15-5-3-2-4-14(15)16/h2-7,10-11,24H,8-9H2,1H3. The summed E-state index contributed by atoms with van der Waals surface area (Å²) in [6, 6.07) is 10.8. The van der Waals surface area contributed by atoms with Gasteiger partial charge in [-0.15, -0.1) is 11.8 Å². The average Bonchev–Trinajstić information content (AvgIpc) is 2.66. The highest BCUT2D eigenvalue weighted by Crippen LogP contribution is 2.34. The van der Waals surface area contributed by atoms with Crippen molar-refractivity contribution in [2.75, 3.05) is 12.3 Å². The maximum absolute atomic E-state index is 13.4. The van der Waals surface area contributed by atoms with Gasteiger partial charge in [0, 0.05) is 22.6 Å². The predicted octanol–water partition coefficient (Wildman–Crippen LogP) is 4.77. The summed E-state index contributed by atoms with van der Waals surface area (Å²) in [6.07, 6.45) is -4.59. The van der Waals surface area contributed by atoms with Crippen molar-refractivity contribution >= 4 is 32.7 Å². The maximum Gasteiger partial charge on any atom is 0.433 e. The molecule has 0 spiro atoms. The van der Waals surface area contributed by atoms with Gasteiger partial charge in [-0.25, -0.2) is 22.5 Å². The van der Waals surface area contributed by atoms with Crippen molar-refractivity contribution in [3.05, 3.63) is 65.6 Å². The number of nitrogens with one attached hydrogen (secondary N) is 1. The molecule has 0 unspecified atom stereocenters. The van der Waals surface area contributed by atoms with E-state index in [1.165, 1.54) is 12.1 Å². The molecule has 29 heavy (non-hydrogen) atoms. The van der Waals surface area contributed by atoms with Gasteiger partial charge in [0.25, 0.3) is 0 Å². The quantitative estimate of drug-likeness (QED) is 0.338. The first-order valence-electron chi connectivity index (χ1n) is 8.43. The summed E-state index contributed by atoms with van der Waals surface area (Å²) in [7, 11) is -3.94. The summed E-state index contributed by atoms with van der Waals surface area (Å²) >= 11 is 1.08. The van der Waals surface area contributed by atoms with Gasteiger partial charge in [-0.2, -0.15) is 13.2 Å². The largest absolute Gasteiger partial charge is 0.433 e. The monoisotopic (exact) mass is 444 g/mol. The number of pyridine rings is 1. The van der Waals surface area contributed by atoms with Gasteiger partial charge in [0.15, 0.2) is 0 Å². The van der Waals surface area contributed by atoms with E-state index < -0.39 is 27.7 Å². The molecule has 1 N–H and O–H groups in total. The first-order chi connectivity index (χ1) is 13.6. The molecule has 0 saturated heterocycles. The molecule has 10 heteroatoms. The fourth-order valence-corrected chi connectivity index (χ4v) is 5.05. The van der Waals surface area contributed by atoms with Crippen LogP contribution in [-0.2, 0) is 16.2 Å². The molecule has 0 saturated carbocycles. The molecule has 3 rings (SSSR count). The fraction of sp³-hybridized carbons (Fsp3) is 0.211. The van der Waals surface area contributed by atoms with E-state index in [1.54, 1.807) is 25.1 Å². The zero-order valence-corrected chi connectivity index (χ0v) is 16.8. The van der Waals surface area contributed by atoms with Crippen LogP contribution in [0.5, 0.6) is 0 Å². The molecule has 1 aromatic heterocycles. The number of rotatable bonds is 6. The Kier molecular flexibility index (Phi) is 6.16. The number of fused-ring (bicyclic) bond motifs is 1. The second kappa shape index (κ2) is 8.29. The molecular weight excluding hydrogens is 428 g/mol.